The third-order valence-corrected chi connectivity index (χ3v) is 7.91. The molecule has 3 aliphatic heterocycles. The van der Waals surface area contributed by atoms with Crippen molar-refractivity contribution in [3.63, 3.8) is 0 Å². The van der Waals surface area contributed by atoms with Crippen LogP contribution in [0.4, 0.5) is 10.1 Å². The number of nitrogens with one attached hydrogen (secondary N) is 1. The van der Waals surface area contributed by atoms with Gasteiger partial charge in [-0.3, -0.25) is 9.78 Å². The van der Waals surface area contributed by atoms with Gasteiger partial charge in [0.25, 0.3) is 0 Å². The zero-order valence-corrected chi connectivity index (χ0v) is 18.5. The highest BCUT2D eigenvalue weighted by Gasteiger charge is 2.64. The highest BCUT2D eigenvalue weighted by atomic mass is 19.1. The lowest BCUT2D eigenvalue weighted by atomic mass is 9.55. The van der Waals surface area contributed by atoms with E-state index in [-0.39, 0.29) is 41.7 Å². The molecule has 1 saturated carbocycles. The van der Waals surface area contributed by atoms with Crippen LogP contribution in [0, 0.1) is 23.1 Å². The average molecular weight is 437 g/mol. The molecule has 172 valence electrons. The molecule has 1 aliphatic carbocycles. The molecule has 7 nitrogen and oxygen atoms in total. The second-order valence-corrected chi connectivity index (χ2v) is 9.91. The largest absolute Gasteiger partial charge is 0.393 e. The molecule has 2 N–H and O–H groups in total. The van der Waals surface area contributed by atoms with Gasteiger partial charge >= 0.3 is 0 Å². The average Bonchev–Trinajstić information content (AvgIpc) is 2.95. The number of pyridine rings is 1. The van der Waals surface area contributed by atoms with Crippen molar-refractivity contribution in [1.82, 2.24) is 4.98 Å². The summed E-state index contributed by atoms with van der Waals surface area (Å²) >= 11 is 0. The molecule has 2 bridgehead atoms. The van der Waals surface area contributed by atoms with E-state index in [0.29, 0.717) is 6.61 Å². The first-order chi connectivity index (χ1) is 14.7. The van der Waals surface area contributed by atoms with Crippen LogP contribution < -0.4 is 5.32 Å². The Morgan fingerprint density at radius 2 is 2.16 bits per heavy atom. The van der Waals surface area contributed by atoms with E-state index in [9.17, 15) is 14.3 Å². The summed E-state index contributed by atoms with van der Waals surface area (Å²) in [4.78, 5) is 27.8. The van der Waals surface area contributed by atoms with Crippen molar-refractivity contribution in [2.75, 3.05) is 11.9 Å². The summed E-state index contributed by atoms with van der Waals surface area (Å²) in [7, 11) is 0. The second-order valence-electron chi connectivity index (χ2n) is 9.91. The van der Waals surface area contributed by atoms with Crippen LogP contribution in [0.2, 0.25) is 0 Å². The van der Waals surface area contributed by atoms with E-state index in [1.165, 1.54) is 12.3 Å². The lowest BCUT2D eigenvalue weighted by Gasteiger charge is -2.56. The van der Waals surface area contributed by atoms with E-state index in [2.05, 4.69) is 17.2 Å². The van der Waals surface area contributed by atoms with Gasteiger partial charge in [0.05, 0.1) is 24.6 Å². The molecule has 4 fully saturated rings. The van der Waals surface area contributed by atoms with Crippen molar-refractivity contribution in [3.8, 4) is 0 Å². The number of aromatic nitrogens is 1. The number of fused-ring (bicyclic) bond motifs is 3. The number of rotatable bonds is 6. The molecule has 0 radical (unpaired) electrons. The molecule has 0 aromatic carbocycles. The highest BCUT2D eigenvalue weighted by molar-refractivity contribution is 5.90. The summed E-state index contributed by atoms with van der Waals surface area (Å²) in [5.74, 6) is -1.70. The van der Waals surface area contributed by atoms with E-state index in [0.717, 1.165) is 38.3 Å². The summed E-state index contributed by atoms with van der Waals surface area (Å²) in [6.07, 6.45) is 6.87. The van der Waals surface area contributed by atoms with Gasteiger partial charge in [0.15, 0.2) is 11.6 Å². The number of anilines is 1. The number of ether oxygens (including phenoxy) is 1. The van der Waals surface area contributed by atoms with E-state index in [4.69, 9.17) is 14.5 Å². The van der Waals surface area contributed by atoms with Crippen LogP contribution in [-0.4, -0.2) is 40.1 Å². The molecule has 2 unspecified atom stereocenters. The maximum Gasteiger partial charge on any atom is 0.224 e. The minimum Gasteiger partial charge on any atom is -0.393 e. The molecule has 4 aliphatic rings. The highest BCUT2D eigenvalue weighted by Crippen LogP contribution is 2.60. The number of amides is 1. The fraction of sp³-hybridized carbons (Fsp3) is 0.739. The smallest absolute Gasteiger partial charge is 0.224 e. The van der Waals surface area contributed by atoms with Crippen molar-refractivity contribution in [3.05, 3.63) is 24.3 Å². The van der Waals surface area contributed by atoms with Gasteiger partial charge < -0.3 is 15.2 Å². The van der Waals surface area contributed by atoms with Crippen molar-refractivity contribution < 1.29 is 28.8 Å². The number of hydrogen-bond acceptors (Lipinski definition) is 6. The normalized spacial score (nSPS) is 36.9. The fourth-order valence-corrected chi connectivity index (χ4v) is 5.66. The third kappa shape index (κ3) is 4.11. The summed E-state index contributed by atoms with van der Waals surface area (Å²) in [5.41, 5.74) is -0.603. The Hall–Kier alpha value is -1.61. The second kappa shape index (κ2) is 8.39. The first-order valence-corrected chi connectivity index (χ1v) is 11.3. The lowest BCUT2D eigenvalue weighted by Crippen LogP contribution is -2.63. The Kier molecular flexibility index (Phi) is 6.11. The molecule has 1 spiro atoms. The van der Waals surface area contributed by atoms with E-state index < -0.39 is 23.3 Å². The first kappa shape index (κ1) is 22.6. The molecule has 1 aromatic rings. The Labute approximate surface area is 182 Å². The molecular formula is C23H33FN2O5. The summed E-state index contributed by atoms with van der Waals surface area (Å²) in [6, 6.07) is 1.41. The van der Waals surface area contributed by atoms with E-state index in [1.807, 2.05) is 13.8 Å². The molecule has 1 aromatic heterocycles. The van der Waals surface area contributed by atoms with Gasteiger partial charge in [-0.05, 0) is 50.5 Å². The number of aliphatic hydroxyl groups excluding tert-OH is 1. The predicted molar refractivity (Wildman–Crippen MR) is 111 cm³/mol. The van der Waals surface area contributed by atoms with E-state index >= 15 is 0 Å². The standard InChI is InChI=1S/C23H33FN2O5/c1-15(19(27)6-7-20(28)26-18-8-12-25-13-17(18)24)16-5-4-9-21(2)10-11-22(3)29-14-23(16,21)31-30-22/h8,12-13,15-16,19,27H,4-7,9-11,14H2,1-3H3,(H,25,26,28)/t15?,16-,19?,21+,22+,23-/m0/s1. The van der Waals surface area contributed by atoms with Gasteiger partial charge in [0.2, 0.25) is 5.91 Å². The van der Waals surface area contributed by atoms with Crippen LogP contribution >= 0.6 is 0 Å². The molecule has 31 heavy (non-hydrogen) atoms. The zero-order valence-electron chi connectivity index (χ0n) is 18.5. The summed E-state index contributed by atoms with van der Waals surface area (Å²) in [6.45, 7) is 6.62. The minimum absolute atomic E-state index is 0.0459. The number of aliphatic hydroxyl groups is 1. The monoisotopic (exact) mass is 436 g/mol. The van der Waals surface area contributed by atoms with Crippen molar-refractivity contribution in [1.29, 1.82) is 0 Å². The Balaban J connectivity index is 1.41. The number of nitrogens with zero attached hydrogens (tertiary/aromatic N) is 1. The van der Waals surface area contributed by atoms with Crippen molar-refractivity contribution >= 4 is 11.6 Å². The quantitative estimate of drug-likeness (QED) is 0.656. The maximum atomic E-state index is 13.7. The fourth-order valence-electron chi connectivity index (χ4n) is 5.66. The molecule has 4 heterocycles. The number of halogens is 1. The van der Waals surface area contributed by atoms with Crippen LogP contribution in [0.3, 0.4) is 0 Å². The molecule has 6 atom stereocenters. The van der Waals surface area contributed by atoms with Crippen LogP contribution in [-0.2, 0) is 19.3 Å². The van der Waals surface area contributed by atoms with Crippen LogP contribution in [0.5, 0.6) is 0 Å². The van der Waals surface area contributed by atoms with Gasteiger partial charge in [-0.15, -0.1) is 0 Å². The molecule has 1 amide bonds. The Morgan fingerprint density at radius 3 is 2.87 bits per heavy atom. The third-order valence-electron chi connectivity index (χ3n) is 7.91. The topological polar surface area (TPSA) is 89.9 Å². The van der Waals surface area contributed by atoms with Crippen molar-refractivity contribution in [2.24, 2.45) is 17.3 Å². The van der Waals surface area contributed by atoms with Crippen molar-refractivity contribution in [2.45, 2.75) is 83.2 Å². The molecular weight excluding hydrogens is 403 g/mol. The Bertz CT molecular complexity index is 813. The number of carbonyl (C=O) groups excluding carboxylic acids is 1. The van der Waals surface area contributed by atoms with Gasteiger partial charge in [0, 0.05) is 24.5 Å². The minimum atomic E-state index is -0.710. The lowest BCUT2D eigenvalue weighted by molar-refractivity contribution is -0.522. The SMILES string of the molecule is CC(C(O)CCC(=O)Nc1ccncc1F)[C@@H]1CCC[C@]2(C)CC[C@]3(C)OC[C@]12OO3. The number of carbonyl (C=O) groups is 1. The van der Waals surface area contributed by atoms with Crippen LogP contribution in [0.1, 0.15) is 65.7 Å². The summed E-state index contributed by atoms with van der Waals surface area (Å²) < 4.78 is 19.8. The maximum absolute atomic E-state index is 13.7. The Morgan fingerprint density at radius 1 is 1.35 bits per heavy atom. The summed E-state index contributed by atoms with van der Waals surface area (Å²) in [5, 5.41) is 13.5. The van der Waals surface area contributed by atoms with Gasteiger partial charge in [-0.1, -0.05) is 20.3 Å². The van der Waals surface area contributed by atoms with Gasteiger partial charge in [-0.2, -0.15) is 0 Å². The zero-order chi connectivity index (χ0) is 22.3. The predicted octanol–water partition coefficient (Wildman–Crippen LogP) is 3.97. The van der Waals surface area contributed by atoms with Gasteiger partial charge in [-0.25, -0.2) is 14.2 Å². The first-order valence-electron chi connectivity index (χ1n) is 11.3. The van der Waals surface area contributed by atoms with Crippen LogP contribution in [0.25, 0.3) is 0 Å². The molecule has 8 heteroatoms. The molecule has 5 rings (SSSR count). The van der Waals surface area contributed by atoms with Gasteiger partial charge in [0.1, 0.15) is 5.60 Å². The molecule has 3 saturated heterocycles. The number of hydrogen-bond donors (Lipinski definition) is 2. The van der Waals surface area contributed by atoms with Crippen LogP contribution in [0.15, 0.2) is 18.5 Å². The van der Waals surface area contributed by atoms with E-state index in [1.54, 1.807) is 0 Å².